The Labute approximate surface area is 145 Å². The van der Waals surface area contributed by atoms with Crippen molar-refractivity contribution in [3.63, 3.8) is 0 Å². The molecule has 2 aromatic carbocycles. The Balaban J connectivity index is 1.57. The van der Waals surface area contributed by atoms with Crippen molar-refractivity contribution in [2.75, 3.05) is 26.2 Å². The van der Waals surface area contributed by atoms with Crippen molar-refractivity contribution in [2.45, 2.75) is 25.9 Å². The van der Waals surface area contributed by atoms with E-state index < -0.39 is 0 Å². The van der Waals surface area contributed by atoms with Crippen LogP contribution in [0.1, 0.15) is 36.1 Å². The Morgan fingerprint density at radius 3 is 2.42 bits per heavy atom. The molecule has 1 aliphatic rings. The van der Waals surface area contributed by atoms with Crippen molar-refractivity contribution in [1.29, 1.82) is 5.26 Å². The van der Waals surface area contributed by atoms with E-state index >= 15 is 0 Å². The molecule has 3 rings (SSSR count). The lowest BCUT2D eigenvalue weighted by Gasteiger charge is -2.28. The Morgan fingerprint density at radius 1 is 0.958 bits per heavy atom. The Kier molecular flexibility index (Phi) is 5.63. The van der Waals surface area contributed by atoms with Gasteiger partial charge in [-0.15, -0.1) is 0 Å². The van der Waals surface area contributed by atoms with Crippen LogP contribution in [0.2, 0.25) is 0 Å². The van der Waals surface area contributed by atoms with Gasteiger partial charge in [0.15, 0.2) is 0 Å². The fraction of sp³-hybridized carbons (Fsp3) is 0.381. The third-order valence-electron chi connectivity index (χ3n) is 4.94. The normalized spacial score (nSPS) is 17.8. The van der Waals surface area contributed by atoms with E-state index in [9.17, 15) is 0 Å². The lowest BCUT2D eigenvalue weighted by Crippen LogP contribution is -2.32. The molecule has 1 atom stereocenters. The second-order valence-corrected chi connectivity index (χ2v) is 6.56. The second kappa shape index (κ2) is 8.10. The first-order valence-corrected chi connectivity index (χ1v) is 8.76. The molecule has 3 nitrogen and oxygen atoms in total. The summed E-state index contributed by atoms with van der Waals surface area (Å²) in [4.78, 5) is 5.12. The van der Waals surface area contributed by atoms with E-state index in [1.807, 2.05) is 12.1 Å². The van der Waals surface area contributed by atoms with E-state index in [1.54, 1.807) is 0 Å². The first-order chi connectivity index (χ1) is 11.8. The number of hydrogen-bond donors (Lipinski definition) is 0. The van der Waals surface area contributed by atoms with Crippen LogP contribution in [0, 0.1) is 11.3 Å². The smallest absolute Gasteiger partial charge is 0.0991 e. The first-order valence-electron chi connectivity index (χ1n) is 8.76. The highest BCUT2D eigenvalue weighted by Gasteiger charge is 2.20. The summed E-state index contributed by atoms with van der Waals surface area (Å²) in [5, 5.41) is 8.90. The van der Waals surface area contributed by atoms with Gasteiger partial charge in [0.25, 0.3) is 0 Å². The molecule has 124 valence electrons. The first kappa shape index (κ1) is 16.7. The zero-order chi connectivity index (χ0) is 16.8. The predicted octanol–water partition coefficient (Wildman–Crippen LogP) is 3.83. The summed E-state index contributed by atoms with van der Waals surface area (Å²) in [6.45, 7) is 7.77. The van der Waals surface area contributed by atoms with E-state index in [0.717, 1.165) is 38.3 Å². The average Bonchev–Trinajstić information content (AvgIpc) is 2.88. The second-order valence-electron chi connectivity index (χ2n) is 6.56. The molecule has 0 N–H and O–H groups in total. The highest BCUT2D eigenvalue weighted by molar-refractivity contribution is 5.31. The monoisotopic (exact) mass is 319 g/mol. The van der Waals surface area contributed by atoms with Crippen molar-refractivity contribution in [2.24, 2.45) is 0 Å². The van der Waals surface area contributed by atoms with Gasteiger partial charge in [-0.25, -0.2) is 0 Å². The molecule has 1 aliphatic heterocycles. The molecule has 1 fully saturated rings. The van der Waals surface area contributed by atoms with Crippen LogP contribution in [0.4, 0.5) is 0 Å². The van der Waals surface area contributed by atoms with Crippen LogP contribution in [0.15, 0.2) is 54.6 Å². The molecular weight excluding hydrogens is 294 g/mol. The number of rotatable bonds is 4. The molecule has 0 saturated carbocycles. The summed E-state index contributed by atoms with van der Waals surface area (Å²) in [5.41, 5.74) is 3.43. The molecule has 1 heterocycles. The van der Waals surface area contributed by atoms with E-state index in [-0.39, 0.29) is 0 Å². The molecule has 0 amide bonds. The summed E-state index contributed by atoms with van der Waals surface area (Å²) in [6, 6.07) is 21.4. The van der Waals surface area contributed by atoms with Gasteiger partial charge in [-0.3, -0.25) is 9.80 Å². The summed E-state index contributed by atoms with van der Waals surface area (Å²) >= 11 is 0. The molecule has 0 spiro atoms. The minimum atomic E-state index is 0.473. The van der Waals surface area contributed by atoms with E-state index in [0.29, 0.717) is 6.04 Å². The van der Waals surface area contributed by atoms with Crippen molar-refractivity contribution in [1.82, 2.24) is 9.80 Å². The Hall–Kier alpha value is -2.15. The molecule has 0 aliphatic carbocycles. The van der Waals surface area contributed by atoms with Crippen LogP contribution in [0.3, 0.4) is 0 Å². The maximum Gasteiger partial charge on any atom is 0.0991 e. The van der Waals surface area contributed by atoms with Crippen molar-refractivity contribution >= 4 is 0 Å². The van der Waals surface area contributed by atoms with Crippen LogP contribution >= 0.6 is 0 Å². The third kappa shape index (κ3) is 4.23. The van der Waals surface area contributed by atoms with Crippen LogP contribution in [-0.2, 0) is 6.54 Å². The largest absolute Gasteiger partial charge is 0.298 e. The Bertz CT molecular complexity index is 672. The SMILES string of the molecule is CC(c1ccccc1)N1CCCN(Cc2ccc(C#N)cc2)CC1. The van der Waals surface area contributed by atoms with Gasteiger partial charge < -0.3 is 0 Å². The molecule has 24 heavy (non-hydrogen) atoms. The van der Waals surface area contributed by atoms with Crippen LogP contribution in [0.25, 0.3) is 0 Å². The molecule has 0 aromatic heterocycles. The van der Waals surface area contributed by atoms with Crippen molar-refractivity contribution in [3.8, 4) is 6.07 Å². The topological polar surface area (TPSA) is 30.3 Å². The van der Waals surface area contributed by atoms with Crippen LogP contribution < -0.4 is 0 Å². The Morgan fingerprint density at radius 2 is 1.71 bits per heavy atom. The van der Waals surface area contributed by atoms with Crippen molar-refractivity contribution < 1.29 is 0 Å². The minimum absolute atomic E-state index is 0.473. The summed E-state index contributed by atoms with van der Waals surface area (Å²) in [5.74, 6) is 0. The van der Waals surface area contributed by atoms with Gasteiger partial charge in [0.1, 0.15) is 0 Å². The van der Waals surface area contributed by atoms with Gasteiger partial charge in [-0.2, -0.15) is 5.26 Å². The van der Waals surface area contributed by atoms with Crippen molar-refractivity contribution in [3.05, 3.63) is 71.3 Å². The average molecular weight is 319 g/mol. The minimum Gasteiger partial charge on any atom is -0.298 e. The van der Waals surface area contributed by atoms with E-state index in [2.05, 4.69) is 65.3 Å². The van der Waals surface area contributed by atoms with Gasteiger partial charge >= 0.3 is 0 Å². The zero-order valence-corrected chi connectivity index (χ0v) is 14.4. The lowest BCUT2D eigenvalue weighted by atomic mass is 10.1. The molecular formula is C21H25N3. The van der Waals surface area contributed by atoms with Crippen LogP contribution in [-0.4, -0.2) is 36.0 Å². The number of nitrogens with zero attached hydrogens (tertiary/aromatic N) is 3. The number of nitriles is 1. The van der Waals surface area contributed by atoms with Gasteiger partial charge in [0.2, 0.25) is 0 Å². The quantitative estimate of drug-likeness (QED) is 0.858. The highest BCUT2D eigenvalue weighted by Crippen LogP contribution is 2.21. The van der Waals surface area contributed by atoms with Crippen LogP contribution in [0.5, 0.6) is 0 Å². The number of hydrogen-bond acceptors (Lipinski definition) is 3. The molecule has 2 aromatic rings. The molecule has 1 unspecified atom stereocenters. The molecule has 1 saturated heterocycles. The fourth-order valence-electron chi connectivity index (χ4n) is 3.42. The fourth-order valence-corrected chi connectivity index (χ4v) is 3.42. The van der Waals surface area contributed by atoms with E-state index in [4.69, 9.17) is 5.26 Å². The highest BCUT2D eigenvalue weighted by atomic mass is 15.2. The molecule has 3 heteroatoms. The number of benzene rings is 2. The van der Waals surface area contributed by atoms with Gasteiger partial charge in [-0.1, -0.05) is 42.5 Å². The maximum atomic E-state index is 8.90. The van der Waals surface area contributed by atoms with Gasteiger partial charge in [0, 0.05) is 32.2 Å². The van der Waals surface area contributed by atoms with Gasteiger partial charge in [-0.05, 0) is 43.1 Å². The standard InChI is InChI=1S/C21H25N3/c1-18(21-6-3-2-4-7-21)24-13-5-12-23(14-15-24)17-20-10-8-19(16-22)9-11-20/h2-4,6-11,18H,5,12-15,17H2,1H3. The van der Waals surface area contributed by atoms with E-state index in [1.165, 1.54) is 17.5 Å². The third-order valence-corrected chi connectivity index (χ3v) is 4.94. The summed E-state index contributed by atoms with van der Waals surface area (Å²) < 4.78 is 0. The maximum absolute atomic E-state index is 8.90. The zero-order valence-electron chi connectivity index (χ0n) is 14.4. The molecule has 0 radical (unpaired) electrons. The summed E-state index contributed by atoms with van der Waals surface area (Å²) in [7, 11) is 0. The lowest BCUT2D eigenvalue weighted by molar-refractivity contribution is 0.208. The molecule has 0 bridgehead atoms. The predicted molar refractivity (Wildman–Crippen MR) is 97.5 cm³/mol. The van der Waals surface area contributed by atoms with Gasteiger partial charge in [0.05, 0.1) is 11.6 Å². The summed E-state index contributed by atoms with van der Waals surface area (Å²) in [6.07, 6.45) is 1.20.